The number of imidazole rings is 1. The van der Waals surface area contributed by atoms with Gasteiger partial charge in [-0.15, -0.1) is 0 Å². The highest BCUT2D eigenvalue weighted by Gasteiger charge is 2.28. The van der Waals surface area contributed by atoms with Crippen LogP contribution >= 0.6 is 11.3 Å². The Morgan fingerprint density at radius 2 is 1.74 bits per heavy atom. The van der Waals surface area contributed by atoms with Crippen LogP contribution in [0.2, 0.25) is 0 Å². The SMILES string of the molecule is CCc1nc2ccc(-c3cnc(CC(=O)NC4CCN(C(=O)OC(C)(C)C)CC4)nc3)cn2c1N(C)c1nc(-c2ccc(F)cc2)c(C#N)s1. The fourth-order valence-corrected chi connectivity index (χ4v) is 6.67. The van der Waals surface area contributed by atoms with Crippen LogP contribution in [0.5, 0.6) is 0 Å². The molecule has 0 aliphatic carbocycles. The Kier molecular flexibility index (Phi) is 9.79. The molecule has 0 radical (unpaired) electrons. The van der Waals surface area contributed by atoms with Crippen molar-refractivity contribution in [1.82, 2.24) is 34.6 Å². The zero-order valence-corrected chi connectivity index (χ0v) is 29.4. The van der Waals surface area contributed by atoms with Gasteiger partial charge in [-0.05, 0) is 76.4 Å². The van der Waals surface area contributed by atoms with E-state index in [1.807, 2.05) is 62.4 Å². The molecule has 5 heterocycles. The molecule has 1 fully saturated rings. The number of carbonyl (C=O) groups is 2. The molecule has 1 saturated heterocycles. The van der Waals surface area contributed by atoms with Gasteiger partial charge in [-0.25, -0.2) is 29.1 Å². The molecule has 2 amide bonds. The fraction of sp³-hybridized carbons (Fsp3) is 0.361. The molecule has 258 valence electrons. The minimum Gasteiger partial charge on any atom is -0.444 e. The quantitative estimate of drug-likeness (QED) is 0.198. The van der Waals surface area contributed by atoms with Crippen LogP contribution in [0.4, 0.5) is 20.1 Å². The van der Waals surface area contributed by atoms with E-state index in [1.165, 1.54) is 23.5 Å². The largest absolute Gasteiger partial charge is 0.444 e. The van der Waals surface area contributed by atoms with E-state index in [0.717, 1.165) is 28.3 Å². The summed E-state index contributed by atoms with van der Waals surface area (Å²) < 4.78 is 21.0. The van der Waals surface area contributed by atoms with E-state index in [0.29, 0.717) is 59.4 Å². The summed E-state index contributed by atoms with van der Waals surface area (Å²) in [5.41, 5.74) is 3.84. The summed E-state index contributed by atoms with van der Waals surface area (Å²) in [4.78, 5) is 47.8. The molecule has 1 aromatic carbocycles. The Morgan fingerprint density at radius 3 is 2.38 bits per heavy atom. The van der Waals surface area contributed by atoms with E-state index in [4.69, 9.17) is 14.7 Å². The molecule has 0 bridgehead atoms. The molecule has 1 aliphatic rings. The fourth-order valence-electron chi connectivity index (χ4n) is 5.82. The van der Waals surface area contributed by atoms with Crippen molar-refractivity contribution in [2.75, 3.05) is 25.0 Å². The number of anilines is 2. The normalized spacial score (nSPS) is 13.7. The summed E-state index contributed by atoms with van der Waals surface area (Å²) in [5.74, 6) is 0.686. The Morgan fingerprint density at radius 1 is 1.06 bits per heavy atom. The van der Waals surface area contributed by atoms with Crippen molar-refractivity contribution in [2.45, 2.75) is 65.0 Å². The van der Waals surface area contributed by atoms with Gasteiger partial charge >= 0.3 is 6.09 Å². The van der Waals surface area contributed by atoms with Gasteiger partial charge in [0, 0.05) is 61.5 Å². The summed E-state index contributed by atoms with van der Waals surface area (Å²) in [6.07, 6.45) is 7.04. The lowest BCUT2D eigenvalue weighted by molar-refractivity contribution is -0.121. The second-order valence-corrected chi connectivity index (χ2v) is 14.1. The molecule has 0 spiro atoms. The molecule has 12 nitrogen and oxygen atoms in total. The smallest absolute Gasteiger partial charge is 0.410 e. The van der Waals surface area contributed by atoms with Crippen molar-refractivity contribution >= 4 is 39.9 Å². The molecule has 1 aliphatic heterocycles. The number of nitriles is 1. The molecule has 5 aromatic rings. The number of aryl methyl sites for hydroxylation is 1. The standard InChI is InChI=1S/C36H38FN9O3S/c1-6-27-33(44(5)34-43-32(28(18-38)50-34)22-7-10-25(37)11-8-22)46-21-23(9-12-30(46)42-27)24-19-39-29(40-20-24)17-31(47)41-26-13-15-45(16-14-26)35(48)49-36(2,3)4/h7-12,19-21,26H,6,13-17H2,1-5H3,(H,41,47). The van der Waals surface area contributed by atoms with Gasteiger partial charge in [0.15, 0.2) is 5.13 Å². The second kappa shape index (κ2) is 14.2. The lowest BCUT2D eigenvalue weighted by Crippen LogP contribution is -2.48. The highest BCUT2D eigenvalue weighted by molar-refractivity contribution is 7.16. The molecule has 0 unspecified atom stereocenters. The van der Waals surface area contributed by atoms with Crippen molar-refractivity contribution in [1.29, 1.82) is 5.26 Å². The van der Waals surface area contributed by atoms with Crippen molar-refractivity contribution in [2.24, 2.45) is 0 Å². The van der Waals surface area contributed by atoms with E-state index < -0.39 is 5.60 Å². The molecule has 50 heavy (non-hydrogen) atoms. The van der Waals surface area contributed by atoms with Gasteiger partial charge in [-0.3, -0.25) is 9.20 Å². The summed E-state index contributed by atoms with van der Waals surface area (Å²) >= 11 is 1.26. The predicted octanol–water partition coefficient (Wildman–Crippen LogP) is 6.31. The Hall–Kier alpha value is -5.42. The molecule has 6 rings (SSSR count). The third-order valence-corrected chi connectivity index (χ3v) is 9.34. The summed E-state index contributed by atoms with van der Waals surface area (Å²) in [6.45, 7) is 8.59. The van der Waals surface area contributed by atoms with Gasteiger partial charge in [0.2, 0.25) is 5.91 Å². The highest BCUT2D eigenvalue weighted by Crippen LogP contribution is 2.37. The summed E-state index contributed by atoms with van der Waals surface area (Å²) in [7, 11) is 1.89. The van der Waals surface area contributed by atoms with E-state index in [9.17, 15) is 19.2 Å². The zero-order valence-electron chi connectivity index (χ0n) is 28.6. The molecule has 4 aromatic heterocycles. The van der Waals surface area contributed by atoms with Crippen LogP contribution in [0.15, 0.2) is 55.0 Å². The third-order valence-electron chi connectivity index (χ3n) is 8.31. The number of carbonyl (C=O) groups excluding carboxylic acids is 2. The number of aromatic nitrogens is 5. The van der Waals surface area contributed by atoms with Crippen LogP contribution in [-0.2, 0) is 22.4 Å². The molecule has 1 N–H and O–H groups in total. The lowest BCUT2D eigenvalue weighted by Gasteiger charge is -2.33. The number of halogens is 1. The van der Waals surface area contributed by atoms with E-state index in [1.54, 1.807) is 29.4 Å². The van der Waals surface area contributed by atoms with Crippen LogP contribution in [0.3, 0.4) is 0 Å². The van der Waals surface area contributed by atoms with E-state index >= 15 is 0 Å². The van der Waals surface area contributed by atoms with Crippen LogP contribution in [0, 0.1) is 17.1 Å². The van der Waals surface area contributed by atoms with Crippen LogP contribution < -0.4 is 10.2 Å². The number of nitrogens with zero attached hydrogens (tertiary/aromatic N) is 8. The third kappa shape index (κ3) is 7.58. The van der Waals surface area contributed by atoms with Crippen LogP contribution in [0.25, 0.3) is 28.0 Å². The van der Waals surface area contributed by atoms with Crippen molar-refractivity contribution in [3.8, 4) is 28.5 Å². The second-order valence-electron chi connectivity index (χ2n) is 13.1. The van der Waals surface area contributed by atoms with Gasteiger partial charge in [-0.1, -0.05) is 18.3 Å². The number of likely N-dealkylation sites (tertiary alicyclic amines) is 1. The average Bonchev–Trinajstić information content (AvgIpc) is 3.70. The van der Waals surface area contributed by atoms with Crippen LogP contribution in [-0.4, -0.2) is 73.0 Å². The topological polar surface area (TPSA) is 142 Å². The minimum atomic E-state index is -0.549. The number of amides is 2. The number of benzene rings is 1. The lowest BCUT2D eigenvalue weighted by atomic mass is 10.1. The average molecular weight is 696 g/mol. The number of hydrogen-bond donors (Lipinski definition) is 1. The predicted molar refractivity (Wildman–Crippen MR) is 189 cm³/mol. The molecular weight excluding hydrogens is 658 g/mol. The number of thiazole rings is 1. The number of nitrogens with one attached hydrogen (secondary N) is 1. The number of ether oxygens (including phenoxy) is 1. The van der Waals surface area contributed by atoms with Crippen molar-refractivity contribution in [3.63, 3.8) is 0 Å². The molecule has 0 atom stereocenters. The van der Waals surface area contributed by atoms with Gasteiger partial charge in [0.25, 0.3) is 0 Å². The summed E-state index contributed by atoms with van der Waals surface area (Å²) in [5, 5.41) is 13.5. The number of pyridine rings is 1. The molecule has 14 heteroatoms. The zero-order chi connectivity index (χ0) is 35.6. The van der Waals surface area contributed by atoms with Crippen LogP contribution in [0.1, 0.15) is 56.9 Å². The first-order chi connectivity index (χ1) is 23.9. The molecule has 0 saturated carbocycles. The highest BCUT2D eigenvalue weighted by atomic mass is 32.1. The number of rotatable bonds is 8. The maximum Gasteiger partial charge on any atom is 0.410 e. The Bertz CT molecular complexity index is 2060. The van der Waals surface area contributed by atoms with Gasteiger partial charge in [0.05, 0.1) is 12.1 Å². The first-order valence-electron chi connectivity index (χ1n) is 16.4. The first kappa shape index (κ1) is 34.4. The maximum absolute atomic E-state index is 13.6. The number of hydrogen-bond acceptors (Lipinski definition) is 10. The molecular formula is C36H38FN9O3S. The monoisotopic (exact) mass is 695 g/mol. The Labute approximate surface area is 293 Å². The van der Waals surface area contributed by atoms with Crippen molar-refractivity contribution in [3.05, 3.63) is 77.2 Å². The van der Waals surface area contributed by atoms with Crippen molar-refractivity contribution < 1.29 is 18.7 Å². The number of piperidine rings is 1. The van der Waals surface area contributed by atoms with Gasteiger partial charge < -0.3 is 19.9 Å². The van der Waals surface area contributed by atoms with Gasteiger partial charge in [0.1, 0.15) is 45.3 Å². The summed E-state index contributed by atoms with van der Waals surface area (Å²) in [6, 6.07) is 12.0. The first-order valence-corrected chi connectivity index (χ1v) is 17.2. The Balaban J connectivity index is 1.15. The van der Waals surface area contributed by atoms with E-state index in [-0.39, 0.29) is 30.3 Å². The number of fused-ring (bicyclic) bond motifs is 1. The maximum atomic E-state index is 13.6. The minimum absolute atomic E-state index is 0.0342. The van der Waals surface area contributed by atoms with E-state index in [2.05, 4.69) is 21.4 Å². The van der Waals surface area contributed by atoms with Gasteiger partial charge in [-0.2, -0.15) is 5.26 Å².